The third-order valence-corrected chi connectivity index (χ3v) is 5.61. The number of rotatable bonds is 4. The lowest BCUT2D eigenvalue weighted by molar-refractivity contribution is -0.680. The molecule has 27 heavy (non-hydrogen) atoms. The van der Waals surface area contributed by atoms with Crippen LogP contribution in [0.5, 0.6) is 0 Å². The quantitative estimate of drug-likeness (QED) is 0.557. The molecular weight excluding hydrogens is 406 g/mol. The number of allylic oxidation sites excluding steroid dienone is 4. The summed E-state index contributed by atoms with van der Waals surface area (Å²) in [6.45, 7) is 4.00. The predicted molar refractivity (Wildman–Crippen MR) is 108 cm³/mol. The lowest BCUT2D eigenvalue weighted by Crippen LogP contribution is -2.47. The fourth-order valence-electron chi connectivity index (χ4n) is 3.62. The molecule has 1 aliphatic carbocycles. The molecule has 0 saturated heterocycles. The maximum Gasteiger partial charge on any atom is 0.403 e. The number of halogens is 1. The molecule has 136 valence electrons. The standard InChI is InChI=1S/C21H19BrN3O2/c1-3-16-13(2)24(12-19(26)14-8-10-15(22)11-9-14)21-23-17-6-4-5-7-18(17)25(21)20(16)27/h4-11,18H,3,12H2,1-2H3/q+1. The van der Waals surface area contributed by atoms with Gasteiger partial charge < -0.3 is 0 Å². The molecule has 0 spiro atoms. The number of hydrogen-bond donors (Lipinski definition) is 0. The molecule has 1 unspecified atom stereocenters. The van der Waals surface area contributed by atoms with Gasteiger partial charge in [-0.25, -0.2) is 4.57 Å². The van der Waals surface area contributed by atoms with E-state index in [2.05, 4.69) is 20.9 Å². The molecular formula is C21H19BrN3O2+. The second-order valence-corrected chi connectivity index (χ2v) is 7.55. The number of hydrogen-bond acceptors (Lipinski definition) is 3. The first-order chi connectivity index (χ1) is 13.0. The highest BCUT2D eigenvalue weighted by Crippen LogP contribution is 2.28. The zero-order valence-electron chi connectivity index (χ0n) is 15.1. The van der Waals surface area contributed by atoms with E-state index in [1.54, 1.807) is 16.7 Å². The van der Waals surface area contributed by atoms with Gasteiger partial charge in [-0.15, -0.1) is 0 Å². The van der Waals surface area contributed by atoms with E-state index in [9.17, 15) is 9.59 Å². The number of carbonyl (C=O) groups excluding carboxylic acids is 1. The third-order valence-electron chi connectivity index (χ3n) is 5.08. The molecule has 2 aliphatic rings. The third kappa shape index (κ3) is 2.94. The van der Waals surface area contributed by atoms with Gasteiger partial charge in [0.05, 0.1) is 11.3 Å². The average molecular weight is 425 g/mol. The molecule has 4 rings (SSSR count). The SMILES string of the molecule is CCc1c(C)[n+](CC(=O)c2ccc(Br)cc2)c2n(c1=O)C1C=CC=CC1=N2. The highest BCUT2D eigenvalue weighted by Gasteiger charge is 2.38. The normalized spacial score (nSPS) is 16.9. The van der Waals surface area contributed by atoms with Crippen molar-refractivity contribution in [3.8, 4) is 0 Å². The largest absolute Gasteiger partial charge is 0.403 e. The van der Waals surface area contributed by atoms with Gasteiger partial charge in [0.25, 0.3) is 0 Å². The number of benzene rings is 1. The molecule has 0 fully saturated rings. The van der Waals surface area contributed by atoms with Crippen LogP contribution in [0.2, 0.25) is 0 Å². The summed E-state index contributed by atoms with van der Waals surface area (Å²) in [6, 6.07) is 7.11. The lowest BCUT2D eigenvalue weighted by atomic mass is 10.1. The minimum atomic E-state index is -0.197. The van der Waals surface area contributed by atoms with Crippen LogP contribution >= 0.6 is 15.9 Å². The highest BCUT2D eigenvalue weighted by atomic mass is 79.9. The van der Waals surface area contributed by atoms with E-state index in [4.69, 9.17) is 0 Å². The maximum atomic E-state index is 13.0. The second kappa shape index (κ2) is 6.85. The molecule has 2 aromatic rings. The van der Waals surface area contributed by atoms with E-state index >= 15 is 0 Å². The van der Waals surface area contributed by atoms with E-state index < -0.39 is 0 Å². The summed E-state index contributed by atoms with van der Waals surface area (Å²) in [5.74, 6) is 0.525. The van der Waals surface area contributed by atoms with E-state index in [-0.39, 0.29) is 23.9 Å². The smallest absolute Gasteiger partial charge is 0.291 e. The van der Waals surface area contributed by atoms with Crippen molar-refractivity contribution in [2.24, 2.45) is 4.99 Å². The summed E-state index contributed by atoms with van der Waals surface area (Å²) < 4.78 is 4.51. The number of aliphatic imine (C=N–C) groups is 1. The summed E-state index contributed by atoms with van der Waals surface area (Å²) in [4.78, 5) is 30.6. The van der Waals surface area contributed by atoms with Crippen LogP contribution in [0.4, 0.5) is 5.95 Å². The Balaban J connectivity index is 1.85. The monoisotopic (exact) mass is 424 g/mol. The Bertz CT molecular complexity index is 1090. The molecule has 6 heteroatoms. The zero-order valence-corrected chi connectivity index (χ0v) is 16.7. The van der Waals surface area contributed by atoms with Crippen molar-refractivity contribution < 1.29 is 9.36 Å². The molecule has 0 N–H and O–H groups in total. The minimum Gasteiger partial charge on any atom is -0.291 e. The molecule has 1 aromatic heterocycles. The number of fused-ring (bicyclic) bond motifs is 3. The van der Waals surface area contributed by atoms with Gasteiger partial charge in [0.1, 0.15) is 6.54 Å². The van der Waals surface area contributed by atoms with E-state index in [0.29, 0.717) is 17.9 Å². The summed E-state index contributed by atoms with van der Waals surface area (Å²) in [6.07, 6.45) is 8.33. The summed E-state index contributed by atoms with van der Waals surface area (Å²) in [7, 11) is 0. The highest BCUT2D eigenvalue weighted by molar-refractivity contribution is 9.10. The van der Waals surface area contributed by atoms with E-state index in [1.165, 1.54) is 0 Å². The van der Waals surface area contributed by atoms with Crippen molar-refractivity contribution in [1.82, 2.24) is 4.57 Å². The number of aromatic nitrogens is 2. The van der Waals surface area contributed by atoms with Crippen molar-refractivity contribution in [3.05, 3.63) is 80.2 Å². The van der Waals surface area contributed by atoms with Crippen LogP contribution in [0.25, 0.3) is 0 Å². The average Bonchev–Trinajstić information content (AvgIpc) is 3.05. The van der Waals surface area contributed by atoms with Crippen LogP contribution in [-0.2, 0) is 13.0 Å². The van der Waals surface area contributed by atoms with Crippen molar-refractivity contribution in [2.75, 3.05) is 0 Å². The fraction of sp³-hybridized carbons (Fsp3) is 0.238. The van der Waals surface area contributed by atoms with Gasteiger partial charge in [0, 0.05) is 10.0 Å². The predicted octanol–water partition coefficient (Wildman–Crippen LogP) is 3.41. The Morgan fingerprint density at radius 1 is 1.26 bits per heavy atom. The summed E-state index contributed by atoms with van der Waals surface area (Å²) in [5.41, 5.74) is 2.96. The first-order valence-corrected chi connectivity index (χ1v) is 9.70. The van der Waals surface area contributed by atoms with Crippen molar-refractivity contribution in [3.63, 3.8) is 0 Å². The lowest BCUT2D eigenvalue weighted by Gasteiger charge is -2.14. The Hall–Kier alpha value is -2.60. The number of carbonyl (C=O) groups is 1. The van der Waals surface area contributed by atoms with Gasteiger partial charge in [0.2, 0.25) is 0 Å². The molecule has 0 amide bonds. The second-order valence-electron chi connectivity index (χ2n) is 6.63. The van der Waals surface area contributed by atoms with Crippen molar-refractivity contribution in [2.45, 2.75) is 32.9 Å². The van der Waals surface area contributed by atoms with Gasteiger partial charge in [-0.05, 0) is 37.6 Å². The van der Waals surface area contributed by atoms with E-state index in [1.807, 2.05) is 54.9 Å². The van der Waals surface area contributed by atoms with Gasteiger partial charge >= 0.3 is 11.5 Å². The van der Waals surface area contributed by atoms with Crippen LogP contribution in [0.15, 0.2) is 62.8 Å². The van der Waals surface area contributed by atoms with Crippen LogP contribution in [0, 0.1) is 6.92 Å². The van der Waals surface area contributed by atoms with Gasteiger partial charge in [-0.1, -0.05) is 52.1 Å². The molecule has 1 atom stereocenters. The fourth-order valence-corrected chi connectivity index (χ4v) is 3.89. The Morgan fingerprint density at radius 3 is 2.70 bits per heavy atom. The van der Waals surface area contributed by atoms with Crippen molar-refractivity contribution >= 4 is 33.4 Å². The first kappa shape index (κ1) is 17.8. The van der Waals surface area contributed by atoms with E-state index in [0.717, 1.165) is 21.4 Å². The molecule has 1 aromatic carbocycles. The Labute approximate surface area is 165 Å². The van der Waals surface area contributed by atoms with Crippen LogP contribution in [0.1, 0.15) is 34.6 Å². The first-order valence-electron chi connectivity index (χ1n) is 8.91. The Kier molecular flexibility index (Phi) is 4.52. The number of nitrogens with zero attached hydrogens (tertiary/aromatic N) is 3. The molecule has 0 radical (unpaired) electrons. The van der Waals surface area contributed by atoms with Gasteiger partial charge in [0.15, 0.2) is 17.5 Å². The van der Waals surface area contributed by atoms with Gasteiger partial charge in [-0.2, -0.15) is 4.57 Å². The maximum absolute atomic E-state index is 13.0. The van der Waals surface area contributed by atoms with Crippen LogP contribution in [0.3, 0.4) is 0 Å². The Morgan fingerprint density at radius 2 is 2.00 bits per heavy atom. The molecule has 5 nitrogen and oxygen atoms in total. The minimum absolute atomic E-state index is 0.0136. The molecule has 2 heterocycles. The number of ketones is 1. The summed E-state index contributed by atoms with van der Waals surface area (Å²) in [5, 5.41) is 0. The molecule has 1 aliphatic heterocycles. The van der Waals surface area contributed by atoms with Crippen LogP contribution < -0.4 is 10.1 Å². The number of Topliss-reactive ketones (excluding diaryl/α,β-unsaturated/α-hetero) is 1. The molecule has 0 bridgehead atoms. The topological polar surface area (TPSA) is 55.3 Å². The van der Waals surface area contributed by atoms with Crippen LogP contribution in [-0.4, -0.2) is 16.1 Å². The summed E-state index contributed by atoms with van der Waals surface area (Å²) >= 11 is 3.39. The zero-order chi connectivity index (χ0) is 19.1. The molecule has 0 saturated carbocycles. The van der Waals surface area contributed by atoms with Crippen molar-refractivity contribution in [1.29, 1.82) is 0 Å². The van der Waals surface area contributed by atoms with Gasteiger partial charge in [-0.3, -0.25) is 9.59 Å².